The minimum absolute atomic E-state index is 0.0755. The van der Waals surface area contributed by atoms with Crippen molar-refractivity contribution in [3.05, 3.63) is 65.7 Å². The molecule has 0 unspecified atom stereocenters. The molecule has 6 nitrogen and oxygen atoms in total. The third-order valence-electron chi connectivity index (χ3n) is 6.14. The number of rotatable bonds is 6. The lowest BCUT2D eigenvalue weighted by Crippen LogP contribution is -3.19. The molecule has 2 aromatic carbocycles. The van der Waals surface area contributed by atoms with Crippen LogP contribution in [0.2, 0.25) is 0 Å². The topological polar surface area (TPSA) is 71.9 Å². The van der Waals surface area contributed by atoms with Crippen LogP contribution in [0.3, 0.4) is 0 Å². The zero-order valence-corrected chi connectivity index (χ0v) is 17.9. The van der Waals surface area contributed by atoms with Crippen molar-refractivity contribution in [1.29, 1.82) is 0 Å². The maximum atomic E-state index is 13.1. The molecule has 2 amide bonds. The number of carbonyl (C=O) groups excluding carboxylic acids is 2. The van der Waals surface area contributed by atoms with Gasteiger partial charge in [-0.1, -0.05) is 42.1 Å². The van der Waals surface area contributed by atoms with Gasteiger partial charge in [-0.25, -0.2) is 0 Å². The van der Waals surface area contributed by atoms with Crippen molar-refractivity contribution in [2.75, 3.05) is 20.2 Å². The van der Waals surface area contributed by atoms with Gasteiger partial charge in [-0.3, -0.25) is 20.4 Å². The molecule has 0 saturated carbocycles. The third-order valence-corrected chi connectivity index (χ3v) is 7.62. The second kappa shape index (κ2) is 9.53. The molecule has 0 aliphatic carbocycles. The fourth-order valence-corrected chi connectivity index (χ4v) is 6.09. The zero-order chi connectivity index (χ0) is 20.9. The number of thioether (sulfide) groups is 1. The Kier molecular flexibility index (Phi) is 6.59. The molecular formula is C23H28N3O3S+. The zero-order valence-electron chi connectivity index (χ0n) is 17.1. The van der Waals surface area contributed by atoms with E-state index in [0.717, 1.165) is 37.4 Å². The highest BCUT2D eigenvalue weighted by Crippen LogP contribution is 2.34. The Bertz CT molecular complexity index is 867. The van der Waals surface area contributed by atoms with Gasteiger partial charge in [0.25, 0.3) is 5.91 Å². The number of benzene rings is 2. The maximum Gasteiger partial charge on any atom is 0.269 e. The normalized spacial score (nSPS) is 24.8. The van der Waals surface area contributed by atoms with E-state index in [1.807, 2.05) is 30.0 Å². The Morgan fingerprint density at radius 3 is 2.40 bits per heavy atom. The summed E-state index contributed by atoms with van der Waals surface area (Å²) in [6.45, 7) is 2.23. The van der Waals surface area contributed by atoms with Gasteiger partial charge in [0.1, 0.15) is 17.0 Å². The first-order chi connectivity index (χ1) is 14.7. The van der Waals surface area contributed by atoms with Gasteiger partial charge in [0.05, 0.1) is 20.2 Å². The first kappa shape index (κ1) is 20.8. The number of ether oxygens (including phenoxy) is 1. The number of carbonyl (C=O) groups is 2. The number of nitrogens with one attached hydrogen (secondary N) is 3. The molecule has 3 fully saturated rings. The van der Waals surface area contributed by atoms with Crippen LogP contribution in [-0.2, 0) is 10.5 Å². The second-order valence-corrected chi connectivity index (χ2v) is 9.04. The number of amides is 2. The molecule has 3 saturated heterocycles. The number of hydrogen-bond acceptors (Lipinski definition) is 4. The van der Waals surface area contributed by atoms with E-state index in [9.17, 15) is 9.59 Å². The van der Waals surface area contributed by atoms with Crippen LogP contribution in [0.15, 0.2) is 54.6 Å². The molecule has 3 aliphatic heterocycles. The van der Waals surface area contributed by atoms with Gasteiger partial charge < -0.3 is 9.64 Å². The molecule has 3 heterocycles. The van der Waals surface area contributed by atoms with Crippen molar-refractivity contribution in [3.8, 4) is 5.75 Å². The summed E-state index contributed by atoms with van der Waals surface area (Å²) in [5.41, 5.74) is 7.04. The Hall–Kier alpha value is -2.51. The van der Waals surface area contributed by atoms with E-state index in [-0.39, 0.29) is 23.1 Å². The minimum Gasteiger partial charge on any atom is -0.497 e. The average molecular weight is 427 g/mol. The highest BCUT2D eigenvalue weighted by molar-refractivity contribution is 7.98. The van der Waals surface area contributed by atoms with Crippen molar-refractivity contribution >= 4 is 23.6 Å². The summed E-state index contributed by atoms with van der Waals surface area (Å²) in [6.07, 6.45) is 2.14. The van der Waals surface area contributed by atoms with Crippen LogP contribution in [0, 0.1) is 11.8 Å². The maximum absolute atomic E-state index is 13.1. The Morgan fingerprint density at radius 1 is 1.03 bits per heavy atom. The molecule has 158 valence electrons. The SMILES string of the molecule is COc1ccc(CS[C@H]2[C@@H](C(=O)NNC(=O)c3ccccc3)C3CC[NH+]2CC3)cc1. The number of quaternary nitrogens is 1. The van der Waals surface area contributed by atoms with E-state index >= 15 is 0 Å². The molecular weight excluding hydrogens is 398 g/mol. The first-order valence-electron chi connectivity index (χ1n) is 10.4. The molecule has 0 radical (unpaired) electrons. The molecule has 3 N–H and O–H groups in total. The number of hydrazine groups is 1. The van der Waals surface area contributed by atoms with Gasteiger partial charge in [0, 0.05) is 24.2 Å². The Labute approximate surface area is 181 Å². The van der Waals surface area contributed by atoms with Gasteiger partial charge in [0.15, 0.2) is 0 Å². The predicted octanol–water partition coefficient (Wildman–Crippen LogP) is 1.64. The van der Waals surface area contributed by atoms with Crippen LogP contribution in [0.5, 0.6) is 5.75 Å². The van der Waals surface area contributed by atoms with Gasteiger partial charge >= 0.3 is 0 Å². The summed E-state index contributed by atoms with van der Waals surface area (Å²) in [4.78, 5) is 26.8. The minimum atomic E-state index is -0.292. The summed E-state index contributed by atoms with van der Waals surface area (Å²) >= 11 is 1.84. The molecule has 0 aromatic heterocycles. The van der Waals surface area contributed by atoms with E-state index < -0.39 is 0 Å². The number of methoxy groups -OCH3 is 1. The third kappa shape index (κ3) is 4.63. The lowest BCUT2D eigenvalue weighted by Gasteiger charge is -2.46. The molecule has 5 rings (SSSR count). The smallest absolute Gasteiger partial charge is 0.269 e. The molecule has 7 heteroatoms. The van der Waals surface area contributed by atoms with E-state index in [0.29, 0.717) is 11.5 Å². The van der Waals surface area contributed by atoms with E-state index in [2.05, 4.69) is 23.0 Å². The molecule has 2 atom stereocenters. The molecule has 2 aromatic rings. The summed E-state index contributed by atoms with van der Waals surface area (Å²) in [7, 11) is 1.67. The van der Waals surface area contributed by atoms with Crippen molar-refractivity contribution in [2.45, 2.75) is 24.0 Å². The van der Waals surface area contributed by atoms with E-state index in [1.165, 1.54) is 10.5 Å². The van der Waals surface area contributed by atoms with Crippen molar-refractivity contribution in [2.24, 2.45) is 11.8 Å². The summed E-state index contributed by atoms with van der Waals surface area (Å²) in [5, 5.41) is 0.202. The van der Waals surface area contributed by atoms with Gasteiger partial charge in [-0.15, -0.1) is 0 Å². The lowest BCUT2D eigenvalue weighted by molar-refractivity contribution is -0.930. The Balaban J connectivity index is 1.39. The predicted molar refractivity (Wildman–Crippen MR) is 117 cm³/mol. The summed E-state index contributed by atoms with van der Waals surface area (Å²) in [6, 6.07) is 17.0. The Morgan fingerprint density at radius 2 is 1.73 bits per heavy atom. The highest BCUT2D eigenvalue weighted by atomic mass is 32.2. The number of fused-ring (bicyclic) bond motifs is 3. The van der Waals surface area contributed by atoms with Crippen LogP contribution in [-0.4, -0.2) is 37.4 Å². The monoisotopic (exact) mass is 426 g/mol. The van der Waals surface area contributed by atoms with Crippen LogP contribution in [0.1, 0.15) is 28.8 Å². The van der Waals surface area contributed by atoms with E-state index in [1.54, 1.807) is 31.4 Å². The quantitative estimate of drug-likeness (QED) is 0.614. The molecule has 3 aliphatic rings. The molecule has 2 bridgehead atoms. The standard InChI is InChI=1S/C23H27N3O3S/c1-29-19-9-7-16(8-10-19)15-30-23-20(17-11-13-26(23)14-12-17)22(28)25-24-21(27)18-5-3-2-4-6-18/h2-10,17,20,23H,11-15H2,1H3,(H,24,27)(H,25,28)/p+1/t20-,23+/m1/s1. The fourth-order valence-electron chi connectivity index (χ4n) is 4.50. The number of piperidine rings is 3. The van der Waals surface area contributed by atoms with Gasteiger partial charge in [-0.05, 0) is 35.7 Å². The fraction of sp³-hybridized carbons (Fsp3) is 0.391. The van der Waals surface area contributed by atoms with Crippen molar-refractivity contribution in [3.63, 3.8) is 0 Å². The highest BCUT2D eigenvalue weighted by Gasteiger charge is 2.49. The van der Waals surface area contributed by atoms with Crippen LogP contribution >= 0.6 is 11.8 Å². The largest absolute Gasteiger partial charge is 0.497 e. The van der Waals surface area contributed by atoms with E-state index in [4.69, 9.17) is 4.74 Å². The van der Waals surface area contributed by atoms with Crippen LogP contribution < -0.4 is 20.5 Å². The van der Waals surface area contributed by atoms with Gasteiger partial charge in [-0.2, -0.15) is 0 Å². The summed E-state index contributed by atoms with van der Waals surface area (Å²) < 4.78 is 5.23. The van der Waals surface area contributed by atoms with Crippen molar-refractivity contribution in [1.82, 2.24) is 10.9 Å². The van der Waals surface area contributed by atoms with Gasteiger partial charge in [0.2, 0.25) is 5.91 Å². The van der Waals surface area contributed by atoms with Crippen molar-refractivity contribution < 1.29 is 19.2 Å². The van der Waals surface area contributed by atoms with Crippen LogP contribution in [0.4, 0.5) is 0 Å². The lowest BCUT2D eigenvalue weighted by atomic mass is 9.78. The van der Waals surface area contributed by atoms with Crippen LogP contribution in [0.25, 0.3) is 0 Å². The molecule has 30 heavy (non-hydrogen) atoms. The average Bonchev–Trinajstić information content (AvgIpc) is 2.82. The first-order valence-corrected chi connectivity index (χ1v) is 11.4. The number of hydrogen-bond donors (Lipinski definition) is 3. The second-order valence-electron chi connectivity index (χ2n) is 7.91. The summed E-state index contributed by atoms with van der Waals surface area (Å²) in [5.74, 6) is 1.62. The molecule has 0 spiro atoms.